The average molecular weight is 421 g/mol. The van der Waals surface area contributed by atoms with Gasteiger partial charge in [0.1, 0.15) is 0 Å². The topological polar surface area (TPSA) is 99.3 Å². The molecule has 0 spiro atoms. The molecule has 31 heavy (non-hydrogen) atoms. The van der Waals surface area contributed by atoms with Crippen LogP contribution in [-0.2, 0) is 16.1 Å². The van der Waals surface area contributed by atoms with Gasteiger partial charge in [-0.25, -0.2) is 4.79 Å². The third-order valence-electron chi connectivity index (χ3n) is 5.57. The maximum Gasteiger partial charge on any atom is 0.315 e. The van der Waals surface area contributed by atoms with E-state index < -0.39 is 0 Å². The number of benzene rings is 2. The molecule has 0 aromatic heterocycles. The van der Waals surface area contributed by atoms with E-state index in [0.29, 0.717) is 6.54 Å². The maximum atomic E-state index is 12.3. The Morgan fingerprint density at radius 3 is 2.10 bits per heavy atom. The van der Waals surface area contributed by atoms with Crippen molar-refractivity contribution in [3.05, 3.63) is 59.7 Å². The van der Waals surface area contributed by atoms with Gasteiger partial charge in [0.25, 0.3) is 0 Å². The monoisotopic (exact) mass is 420 g/mol. The van der Waals surface area contributed by atoms with Crippen molar-refractivity contribution in [3.8, 4) is 0 Å². The van der Waals surface area contributed by atoms with Crippen LogP contribution in [0.1, 0.15) is 49.8 Å². The Balaban J connectivity index is 1.23. The molecule has 1 unspecified atom stereocenters. The van der Waals surface area contributed by atoms with Crippen molar-refractivity contribution in [3.63, 3.8) is 0 Å². The van der Waals surface area contributed by atoms with E-state index in [-0.39, 0.29) is 35.7 Å². The van der Waals surface area contributed by atoms with Crippen molar-refractivity contribution < 1.29 is 14.4 Å². The molecule has 0 heterocycles. The lowest BCUT2D eigenvalue weighted by Crippen LogP contribution is -2.36. The van der Waals surface area contributed by atoms with Crippen molar-refractivity contribution in [2.75, 3.05) is 10.6 Å². The lowest BCUT2D eigenvalue weighted by atomic mass is 10.1. The van der Waals surface area contributed by atoms with E-state index in [1.165, 1.54) is 0 Å². The number of anilines is 2. The van der Waals surface area contributed by atoms with Crippen LogP contribution in [0.15, 0.2) is 48.5 Å². The predicted octanol–water partition coefficient (Wildman–Crippen LogP) is 3.94. The van der Waals surface area contributed by atoms with E-state index in [9.17, 15) is 14.4 Å². The van der Waals surface area contributed by atoms with Crippen LogP contribution in [0.25, 0.3) is 0 Å². The number of amides is 4. The Hall–Kier alpha value is -3.35. The Morgan fingerprint density at radius 2 is 1.48 bits per heavy atom. The molecule has 0 bridgehead atoms. The fourth-order valence-corrected chi connectivity index (χ4v) is 3.31. The fourth-order valence-electron chi connectivity index (χ4n) is 3.31. The van der Waals surface area contributed by atoms with Crippen molar-refractivity contribution in [1.29, 1.82) is 0 Å². The normalized spacial score (nSPS) is 16.2. The highest BCUT2D eigenvalue weighted by Crippen LogP contribution is 2.31. The summed E-state index contributed by atoms with van der Waals surface area (Å²) in [4.78, 5) is 36.0. The Bertz CT molecular complexity index is 965. The zero-order valence-corrected chi connectivity index (χ0v) is 17.6. The van der Waals surface area contributed by atoms with Crippen LogP contribution in [-0.4, -0.2) is 17.8 Å². The van der Waals surface area contributed by atoms with Gasteiger partial charge in [-0.15, -0.1) is 0 Å². The first kappa shape index (κ1) is 20.9. The molecule has 2 fully saturated rings. The SMILES string of the molecule is CC(NC(=O)NCc1cccc(NC(=O)C2CC2)c1)c1ccc(NC(=O)C2CC2)cc1. The molecule has 4 N–H and O–H groups in total. The molecule has 0 aliphatic heterocycles. The van der Waals surface area contributed by atoms with Crippen LogP contribution >= 0.6 is 0 Å². The summed E-state index contributed by atoms with van der Waals surface area (Å²) in [6, 6.07) is 14.6. The third-order valence-corrected chi connectivity index (χ3v) is 5.57. The molecule has 2 aliphatic carbocycles. The van der Waals surface area contributed by atoms with Gasteiger partial charge in [-0.1, -0.05) is 24.3 Å². The van der Waals surface area contributed by atoms with Crippen LogP contribution in [0.2, 0.25) is 0 Å². The van der Waals surface area contributed by atoms with Gasteiger partial charge in [0.05, 0.1) is 6.04 Å². The Labute approximate surface area is 182 Å². The average Bonchev–Trinajstić information content (AvgIpc) is 3.65. The quantitative estimate of drug-likeness (QED) is 0.520. The summed E-state index contributed by atoms with van der Waals surface area (Å²) in [5.41, 5.74) is 3.38. The molecule has 162 valence electrons. The van der Waals surface area contributed by atoms with E-state index >= 15 is 0 Å². The minimum Gasteiger partial charge on any atom is -0.334 e. The van der Waals surface area contributed by atoms with Crippen molar-refractivity contribution >= 4 is 29.2 Å². The van der Waals surface area contributed by atoms with Crippen molar-refractivity contribution in [2.24, 2.45) is 11.8 Å². The summed E-state index contributed by atoms with van der Waals surface area (Å²) < 4.78 is 0. The molecule has 7 nitrogen and oxygen atoms in total. The molecule has 1 atom stereocenters. The summed E-state index contributed by atoms with van der Waals surface area (Å²) in [7, 11) is 0. The number of nitrogens with one attached hydrogen (secondary N) is 4. The number of hydrogen-bond acceptors (Lipinski definition) is 3. The molecule has 2 aromatic rings. The smallest absolute Gasteiger partial charge is 0.315 e. The van der Waals surface area contributed by atoms with Crippen LogP contribution in [0.3, 0.4) is 0 Å². The number of urea groups is 1. The van der Waals surface area contributed by atoms with E-state index in [1.54, 1.807) is 0 Å². The van der Waals surface area contributed by atoms with E-state index in [1.807, 2.05) is 55.5 Å². The summed E-state index contributed by atoms with van der Waals surface area (Å²) in [6.45, 7) is 2.27. The Kier molecular flexibility index (Phi) is 6.21. The predicted molar refractivity (Wildman–Crippen MR) is 119 cm³/mol. The van der Waals surface area contributed by atoms with Crippen molar-refractivity contribution in [2.45, 2.75) is 45.2 Å². The summed E-state index contributed by atoms with van der Waals surface area (Å²) in [6.07, 6.45) is 3.87. The highest BCUT2D eigenvalue weighted by atomic mass is 16.2. The minimum absolute atomic E-state index is 0.0646. The van der Waals surface area contributed by atoms with E-state index in [4.69, 9.17) is 0 Å². The Morgan fingerprint density at radius 1 is 0.871 bits per heavy atom. The molecule has 4 amide bonds. The first-order chi connectivity index (χ1) is 15.0. The zero-order chi connectivity index (χ0) is 21.8. The van der Waals surface area contributed by atoms with Crippen LogP contribution in [0.5, 0.6) is 0 Å². The molecule has 7 heteroatoms. The molecular formula is C24H28N4O3. The van der Waals surface area contributed by atoms with Crippen LogP contribution in [0, 0.1) is 11.8 Å². The van der Waals surface area contributed by atoms with Crippen LogP contribution in [0.4, 0.5) is 16.2 Å². The second-order valence-corrected chi connectivity index (χ2v) is 8.40. The van der Waals surface area contributed by atoms with Gasteiger partial charge in [-0.2, -0.15) is 0 Å². The molecule has 0 radical (unpaired) electrons. The summed E-state index contributed by atoms with van der Waals surface area (Å²) in [5.74, 6) is 0.459. The minimum atomic E-state index is -0.272. The van der Waals surface area contributed by atoms with E-state index in [0.717, 1.165) is 48.2 Å². The number of carbonyl (C=O) groups excluding carboxylic acids is 3. The largest absolute Gasteiger partial charge is 0.334 e. The van der Waals surface area contributed by atoms with Gasteiger partial charge in [0, 0.05) is 29.8 Å². The van der Waals surface area contributed by atoms with Crippen molar-refractivity contribution in [1.82, 2.24) is 10.6 Å². The highest BCUT2D eigenvalue weighted by Gasteiger charge is 2.30. The lowest BCUT2D eigenvalue weighted by molar-refractivity contribution is -0.118. The standard InChI is InChI=1S/C24H28N4O3/c1-15(17-9-11-20(12-10-17)27-22(29)18-5-6-18)26-24(31)25-14-16-3-2-4-21(13-16)28-23(30)19-7-8-19/h2-4,9-13,15,18-19H,5-8,14H2,1H3,(H,27,29)(H,28,30)(H2,25,26,31). The van der Waals surface area contributed by atoms with Gasteiger partial charge >= 0.3 is 6.03 Å². The van der Waals surface area contributed by atoms with Crippen LogP contribution < -0.4 is 21.3 Å². The van der Waals surface area contributed by atoms with Gasteiger partial charge < -0.3 is 21.3 Å². The number of rotatable bonds is 8. The molecule has 2 aliphatic rings. The zero-order valence-electron chi connectivity index (χ0n) is 17.6. The molecule has 4 rings (SSSR count). The van der Waals surface area contributed by atoms with Gasteiger partial charge in [0.15, 0.2) is 0 Å². The van der Waals surface area contributed by atoms with Gasteiger partial charge in [0.2, 0.25) is 11.8 Å². The maximum absolute atomic E-state index is 12.3. The molecule has 2 saturated carbocycles. The second kappa shape index (κ2) is 9.20. The van der Waals surface area contributed by atoms with E-state index in [2.05, 4.69) is 21.3 Å². The fraction of sp³-hybridized carbons (Fsp3) is 0.375. The second-order valence-electron chi connectivity index (χ2n) is 8.40. The first-order valence-electron chi connectivity index (χ1n) is 10.8. The lowest BCUT2D eigenvalue weighted by Gasteiger charge is -2.16. The molecule has 2 aromatic carbocycles. The molecule has 0 saturated heterocycles. The highest BCUT2D eigenvalue weighted by molar-refractivity contribution is 5.94. The summed E-state index contributed by atoms with van der Waals surface area (Å²) >= 11 is 0. The first-order valence-corrected chi connectivity index (χ1v) is 10.8. The van der Waals surface area contributed by atoms with Gasteiger partial charge in [-0.3, -0.25) is 9.59 Å². The van der Waals surface area contributed by atoms with Gasteiger partial charge in [-0.05, 0) is 68.0 Å². The molecular weight excluding hydrogens is 392 g/mol. The number of carbonyl (C=O) groups is 3. The number of hydrogen-bond donors (Lipinski definition) is 4. The summed E-state index contributed by atoms with van der Waals surface area (Å²) in [5, 5.41) is 11.6. The third kappa shape index (κ3) is 6.07.